The summed E-state index contributed by atoms with van der Waals surface area (Å²) in [7, 11) is 0. The van der Waals surface area contributed by atoms with Crippen LogP contribution in [0.2, 0.25) is 0 Å². The molecule has 1 aliphatic heterocycles. The maximum Gasteiger partial charge on any atom is 0.303 e. The van der Waals surface area contributed by atoms with E-state index in [1.165, 1.54) is 31.2 Å². The summed E-state index contributed by atoms with van der Waals surface area (Å²) in [6, 6.07) is 12.1. The first-order valence-electron chi connectivity index (χ1n) is 17.6. The van der Waals surface area contributed by atoms with Gasteiger partial charge in [-0.15, -0.1) is 0 Å². The average molecular weight is 665 g/mol. The SMILES string of the molecule is CC(=O)C(C)C.CCCC(C)(C)COCCN(CCCCc1ccc2c(n1)NCCC2)CCCC(=O)O.Nc1ncnc2ccccc12. The Morgan fingerprint density at radius 1 is 1.06 bits per heavy atom. The molecular formula is C38H60N6O4. The second-order valence-corrected chi connectivity index (χ2v) is 13.6. The lowest BCUT2D eigenvalue weighted by Gasteiger charge is -2.26. The number of carbonyl (C=O) groups excluding carboxylic acids is 1. The Balaban J connectivity index is 0.000000380. The van der Waals surface area contributed by atoms with E-state index < -0.39 is 5.97 Å². The number of Topliss-reactive ketones (excluding diaryl/α,β-unsaturated/α-hetero) is 1. The molecule has 3 aromatic rings. The van der Waals surface area contributed by atoms with Crippen molar-refractivity contribution in [1.29, 1.82) is 0 Å². The van der Waals surface area contributed by atoms with Gasteiger partial charge in [0, 0.05) is 36.5 Å². The van der Waals surface area contributed by atoms with Crippen molar-refractivity contribution < 1.29 is 19.4 Å². The summed E-state index contributed by atoms with van der Waals surface area (Å²) in [4.78, 5) is 36.1. The second-order valence-electron chi connectivity index (χ2n) is 13.6. The number of nitrogens with two attached hydrogens (primary N) is 1. The number of hydrogen-bond acceptors (Lipinski definition) is 9. The number of carboxylic acid groups (broad SMARTS) is 1. The third kappa shape index (κ3) is 16.5. The Morgan fingerprint density at radius 3 is 2.48 bits per heavy atom. The van der Waals surface area contributed by atoms with Gasteiger partial charge in [0.1, 0.15) is 23.7 Å². The predicted molar refractivity (Wildman–Crippen MR) is 196 cm³/mol. The molecule has 2 aromatic heterocycles. The van der Waals surface area contributed by atoms with E-state index in [1.54, 1.807) is 6.92 Å². The summed E-state index contributed by atoms with van der Waals surface area (Å²) in [5, 5.41) is 13.3. The molecular weight excluding hydrogens is 604 g/mol. The molecule has 10 nitrogen and oxygen atoms in total. The number of ketones is 1. The number of nitrogens with zero attached hydrogens (tertiary/aromatic N) is 4. The zero-order valence-corrected chi connectivity index (χ0v) is 30.3. The van der Waals surface area contributed by atoms with Crippen LogP contribution < -0.4 is 11.1 Å². The Hall–Kier alpha value is -3.63. The number of aliphatic carboxylic acids is 1. The number of aryl methyl sites for hydroxylation is 2. The number of carboxylic acids is 1. The van der Waals surface area contributed by atoms with Gasteiger partial charge in [-0.25, -0.2) is 15.0 Å². The highest BCUT2D eigenvalue weighted by molar-refractivity contribution is 5.87. The molecule has 0 fully saturated rings. The van der Waals surface area contributed by atoms with Crippen LogP contribution in [0.5, 0.6) is 0 Å². The molecule has 0 amide bonds. The summed E-state index contributed by atoms with van der Waals surface area (Å²) >= 11 is 0. The zero-order valence-electron chi connectivity index (χ0n) is 30.3. The lowest BCUT2D eigenvalue weighted by Crippen LogP contribution is -2.31. The number of nitrogens with one attached hydrogen (secondary N) is 1. The summed E-state index contributed by atoms with van der Waals surface area (Å²) < 4.78 is 5.96. The van der Waals surface area contributed by atoms with E-state index in [2.05, 4.69) is 53.1 Å². The highest BCUT2D eigenvalue weighted by atomic mass is 16.5. The van der Waals surface area contributed by atoms with Crippen LogP contribution in [0.3, 0.4) is 0 Å². The summed E-state index contributed by atoms with van der Waals surface area (Å²) in [6.45, 7) is 17.3. The number of aromatic nitrogens is 3. The van der Waals surface area contributed by atoms with Gasteiger partial charge < -0.3 is 25.8 Å². The number of unbranched alkanes of at least 4 members (excludes halogenated alkanes) is 1. The number of nitrogen functional groups attached to an aromatic ring is 1. The maximum absolute atomic E-state index is 10.9. The van der Waals surface area contributed by atoms with Crippen LogP contribution in [0.4, 0.5) is 11.6 Å². The van der Waals surface area contributed by atoms with E-state index in [0.717, 1.165) is 80.9 Å². The molecule has 0 radical (unpaired) electrons. The first kappa shape index (κ1) is 40.5. The van der Waals surface area contributed by atoms with Crippen LogP contribution in [0.1, 0.15) is 97.7 Å². The number of carbonyl (C=O) groups is 2. The van der Waals surface area contributed by atoms with Crippen molar-refractivity contribution in [2.75, 3.05) is 50.4 Å². The minimum absolute atomic E-state index is 0.213. The van der Waals surface area contributed by atoms with Crippen molar-refractivity contribution in [2.24, 2.45) is 11.3 Å². The summed E-state index contributed by atoms with van der Waals surface area (Å²) in [5.74, 6) is 1.36. The number of para-hydroxylation sites is 1. The number of hydrogen-bond donors (Lipinski definition) is 3. The molecule has 4 N–H and O–H groups in total. The van der Waals surface area contributed by atoms with Crippen molar-refractivity contribution in [1.82, 2.24) is 19.9 Å². The molecule has 48 heavy (non-hydrogen) atoms. The molecule has 0 bridgehead atoms. The third-order valence-corrected chi connectivity index (χ3v) is 8.33. The molecule has 0 spiro atoms. The topological polar surface area (TPSA) is 144 Å². The molecule has 0 saturated carbocycles. The minimum atomic E-state index is -0.718. The van der Waals surface area contributed by atoms with E-state index in [1.807, 2.05) is 38.1 Å². The van der Waals surface area contributed by atoms with Gasteiger partial charge in [0.2, 0.25) is 0 Å². The molecule has 1 aromatic carbocycles. The first-order chi connectivity index (χ1) is 22.9. The van der Waals surface area contributed by atoms with Gasteiger partial charge in [0.15, 0.2) is 0 Å². The number of pyridine rings is 1. The van der Waals surface area contributed by atoms with Gasteiger partial charge in [-0.1, -0.05) is 59.2 Å². The molecule has 0 saturated heterocycles. The molecule has 10 heteroatoms. The third-order valence-electron chi connectivity index (χ3n) is 8.33. The van der Waals surface area contributed by atoms with Crippen LogP contribution in [0, 0.1) is 11.3 Å². The van der Waals surface area contributed by atoms with E-state index in [4.69, 9.17) is 20.6 Å². The Kier molecular flexibility index (Phi) is 18.7. The van der Waals surface area contributed by atoms with E-state index >= 15 is 0 Å². The molecule has 0 unspecified atom stereocenters. The molecule has 266 valence electrons. The highest BCUT2D eigenvalue weighted by Gasteiger charge is 2.17. The number of ether oxygens (including phenoxy) is 1. The van der Waals surface area contributed by atoms with Crippen molar-refractivity contribution in [2.45, 2.75) is 99.3 Å². The number of anilines is 2. The number of benzene rings is 1. The van der Waals surface area contributed by atoms with Gasteiger partial charge in [-0.2, -0.15) is 0 Å². The number of fused-ring (bicyclic) bond motifs is 2. The van der Waals surface area contributed by atoms with Crippen LogP contribution in [0.25, 0.3) is 10.9 Å². The van der Waals surface area contributed by atoms with Crippen LogP contribution >= 0.6 is 0 Å². The van der Waals surface area contributed by atoms with Crippen molar-refractivity contribution in [3.8, 4) is 0 Å². The van der Waals surface area contributed by atoms with Crippen LogP contribution in [0.15, 0.2) is 42.7 Å². The molecule has 0 aliphatic carbocycles. The van der Waals surface area contributed by atoms with Crippen LogP contribution in [-0.4, -0.2) is 76.1 Å². The standard InChI is InChI=1S/C25H43N3O3.C8H7N3.C5H10O/c1-4-14-25(2,3)20-31-19-18-28(17-8-11-23(29)30)16-6-5-10-22-13-12-21-9-7-15-26-24(21)27-22;9-8-6-3-1-2-4-7(6)10-5-11-8;1-4(2)5(3)6/h12-13H,4-11,14-20H2,1-3H3,(H,26,27)(H,29,30);1-5H,(H2,9,10,11);4H,1-3H3. The predicted octanol–water partition coefficient (Wildman–Crippen LogP) is 7.22. The summed E-state index contributed by atoms with van der Waals surface area (Å²) in [6.07, 6.45) is 10.2. The molecule has 3 heterocycles. The Bertz CT molecular complexity index is 1380. The van der Waals surface area contributed by atoms with Gasteiger partial charge in [-0.05, 0) is 94.1 Å². The average Bonchev–Trinajstić information content (AvgIpc) is 3.05. The second kappa shape index (κ2) is 22.1. The highest BCUT2D eigenvalue weighted by Crippen LogP contribution is 2.22. The zero-order chi connectivity index (χ0) is 35.4. The monoisotopic (exact) mass is 664 g/mol. The lowest BCUT2D eigenvalue weighted by molar-refractivity contribution is -0.137. The lowest BCUT2D eigenvalue weighted by atomic mass is 9.89. The fraction of sp³-hybridized carbons (Fsp3) is 0.605. The minimum Gasteiger partial charge on any atom is -0.481 e. The van der Waals surface area contributed by atoms with Gasteiger partial charge >= 0.3 is 5.97 Å². The van der Waals surface area contributed by atoms with E-state index in [0.29, 0.717) is 18.8 Å². The van der Waals surface area contributed by atoms with Crippen molar-refractivity contribution >= 4 is 34.3 Å². The largest absolute Gasteiger partial charge is 0.481 e. The van der Waals surface area contributed by atoms with Gasteiger partial charge in [0.25, 0.3) is 0 Å². The normalized spacial score (nSPS) is 12.4. The van der Waals surface area contributed by atoms with Gasteiger partial charge in [0.05, 0.1) is 18.7 Å². The van der Waals surface area contributed by atoms with Gasteiger partial charge in [-0.3, -0.25) is 9.59 Å². The quantitative estimate of drug-likeness (QED) is 0.127. The van der Waals surface area contributed by atoms with E-state index in [9.17, 15) is 9.59 Å². The smallest absolute Gasteiger partial charge is 0.303 e. The maximum atomic E-state index is 10.9. The van der Waals surface area contributed by atoms with E-state index in [-0.39, 0.29) is 23.5 Å². The Labute approximate surface area is 288 Å². The Morgan fingerprint density at radius 2 is 1.79 bits per heavy atom. The number of rotatable bonds is 17. The molecule has 0 atom stereocenters. The molecule has 4 rings (SSSR count). The summed E-state index contributed by atoms with van der Waals surface area (Å²) in [5.41, 5.74) is 9.21. The fourth-order valence-corrected chi connectivity index (χ4v) is 5.26. The van der Waals surface area contributed by atoms with Crippen molar-refractivity contribution in [3.63, 3.8) is 0 Å². The first-order valence-corrected chi connectivity index (χ1v) is 17.6. The van der Waals surface area contributed by atoms with Crippen molar-refractivity contribution in [3.05, 3.63) is 54.0 Å². The molecule has 1 aliphatic rings. The van der Waals surface area contributed by atoms with Crippen LogP contribution in [-0.2, 0) is 27.2 Å². The fourth-order valence-electron chi connectivity index (χ4n) is 5.26.